The fourth-order valence-electron chi connectivity index (χ4n) is 0.695. The van der Waals surface area contributed by atoms with Crippen molar-refractivity contribution in [1.29, 1.82) is 0 Å². The third-order valence-electron chi connectivity index (χ3n) is 1.26. The van der Waals surface area contributed by atoms with Crippen LogP contribution in [-0.2, 0) is 20.6 Å². The normalized spacial score (nSPS) is 15.5. The van der Waals surface area contributed by atoms with Gasteiger partial charge in [0, 0.05) is 0 Å². The van der Waals surface area contributed by atoms with Gasteiger partial charge in [0.1, 0.15) is 0 Å². The van der Waals surface area contributed by atoms with E-state index >= 15 is 0 Å². The predicted octanol–water partition coefficient (Wildman–Crippen LogP) is 0.550. The number of ether oxygens (including phenoxy) is 1. The average Bonchev–Trinajstić information content (AvgIpc) is 1.98. The molecule has 4 nitrogen and oxygen atoms in total. The summed E-state index contributed by atoms with van der Waals surface area (Å²) in [6.07, 6.45) is 1.07. The van der Waals surface area contributed by atoms with E-state index in [0.717, 1.165) is 0 Å². The first-order valence-electron chi connectivity index (χ1n) is 3.31. The van der Waals surface area contributed by atoms with Crippen molar-refractivity contribution in [3.05, 3.63) is 0 Å². The molecule has 0 spiro atoms. The first kappa shape index (κ1) is 10.6. The molecule has 0 aromatic carbocycles. The predicted molar refractivity (Wildman–Crippen MR) is 41.5 cm³/mol. The van der Waals surface area contributed by atoms with Gasteiger partial charge in [0.2, 0.25) is 0 Å². The minimum absolute atomic E-state index is 0.385. The fourth-order valence-corrected chi connectivity index (χ4v) is 1.39. The lowest BCUT2D eigenvalue weighted by molar-refractivity contribution is -0.140. The Hall–Kier alpha value is -0.420. The Labute approximate surface area is 68.2 Å². The van der Waals surface area contributed by atoms with Gasteiger partial charge in [-0.25, -0.2) is 4.21 Å². The van der Waals surface area contributed by atoms with Gasteiger partial charge in [0.25, 0.3) is 0 Å². The van der Waals surface area contributed by atoms with Gasteiger partial charge in [-0.2, -0.15) is 0 Å². The number of hydrogen-bond acceptors (Lipinski definition) is 3. The second-order valence-electron chi connectivity index (χ2n) is 2.08. The second kappa shape index (κ2) is 5.26. The van der Waals surface area contributed by atoms with Crippen LogP contribution in [0.15, 0.2) is 0 Å². The molecule has 0 aliphatic rings. The maximum Gasteiger partial charge on any atom is 0.323 e. The molecule has 0 heterocycles. The summed E-state index contributed by atoms with van der Waals surface area (Å²) in [6, 6.07) is 0. The molecule has 0 amide bonds. The van der Waals surface area contributed by atoms with Gasteiger partial charge in [-0.1, -0.05) is 13.3 Å². The molecular formula is C6H12O4S. The SMILES string of the molecule is CCCC(C(=O)OC)S(=O)O. The maximum atomic E-state index is 10.8. The van der Waals surface area contributed by atoms with E-state index in [9.17, 15) is 9.00 Å². The van der Waals surface area contributed by atoms with E-state index in [1.54, 1.807) is 0 Å². The summed E-state index contributed by atoms with van der Waals surface area (Å²) < 4.78 is 23.5. The molecule has 0 aliphatic carbocycles. The fraction of sp³-hybridized carbons (Fsp3) is 0.833. The number of rotatable bonds is 4. The molecule has 2 atom stereocenters. The maximum absolute atomic E-state index is 10.8. The van der Waals surface area contributed by atoms with Crippen LogP contribution in [0.3, 0.4) is 0 Å². The van der Waals surface area contributed by atoms with Crippen LogP contribution in [0.25, 0.3) is 0 Å². The lowest BCUT2D eigenvalue weighted by atomic mass is 10.2. The van der Waals surface area contributed by atoms with Crippen molar-refractivity contribution in [2.75, 3.05) is 7.11 Å². The molecule has 0 radical (unpaired) electrons. The molecule has 0 aromatic rings. The smallest absolute Gasteiger partial charge is 0.323 e. The Balaban J connectivity index is 4.09. The molecule has 0 rings (SSSR count). The molecule has 0 saturated heterocycles. The minimum Gasteiger partial charge on any atom is -0.468 e. The standard InChI is InChI=1S/C6H12O4S/c1-3-4-5(11(8)9)6(7)10-2/h5H,3-4H2,1-2H3,(H,8,9). The summed E-state index contributed by atoms with van der Waals surface area (Å²) in [5.74, 6) is -0.618. The van der Waals surface area contributed by atoms with Crippen LogP contribution in [0.4, 0.5) is 0 Å². The summed E-state index contributed by atoms with van der Waals surface area (Å²) in [5.41, 5.74) is 0. The van der Waals surface area contributed by atoms with E-state index in [2.05, 4.69) is 4.74 Å². The highest BCUT2D eigenvalue weighted by Crippen LogP contribution is 2.04. The molecule has 5 heteroatoms. The van der Waals surface area contributed by atoms with Gasteiger partial charge in [-0.15, -0.1) is 0 Å². The number of carbonyl (C=O) groups is 1. The Bertz CT molecular complexity index is 157. The molecular weight excluding hydrogens is 168 g/mol. The Morgan fingerprint density at radius 2 is 2.27 bits per heavy atom. The van der Waals surface area contributed by atoms with E-state index < -0.39 is 22.3 Å². The Morgan fingerprint density at radius 1 is 1.73 bits per heavy atom. The Kier molecular flexibility index (Phi) is 5.06. The summed E-state index contributed by atoms with van der Waals surface area (Å²) in [4.78, 5) is 10.8. The van der Waals surface area contributed by atoms with Crippen molar-refractivity contribution < 1.29 is 18.3 Å². The molecule has 0 bridgehead atoms. The quantitative estimate of drug-likeness (QED) is 0.507. The molecule has 2 unspecified atom stereocenters. The van der Waals surface area contributed by atoms with Gasteiger partial charge in [-0.05, 0) is 6.42 Å². The second-order valence-corrected chi connectivity index (χ2v) is 3.20. The summed E-state index contributed by atoms with van der Waals surface area (Å²) in [7, 11) is 1.21. The minimum atomic E-state index is -2.11. The average molecular weight is 180 g/mol. The third-order valence-corrected chi connectivity index (χ3v) is 2.17. The molecule has 0 fully saturated rings. The van der Waals surface area contributed by atoms with E-state index in [0.29, 0.717) is 12.8 Å². The number of hydrogen-bond donors (Lipinski definition) is 1. The lowest BCUT2D eigenvalue weighted by Crippen LogP contribution is -2.26. The van der Waals surface area contributed by atoms with Gasteiger partial charge in [0.05, 0.1) is 7.11 Å². The largest absolute Gasteiger partial charge is 0.468 e. The van der Waals surface area contributed by atoms with Gasteiger partial charge in [0.15, 0.2) is 16.3 Å². The number of esters is 1. The summed E-state index contributed by atoms with van der Waals surface area (Å²) in [6.45, 7) is 1.84. The van der Waals surface area contributed by atoms with Crippen molar-refractivity contribution in [3.63, 3.8) is 0 Å². The van der Waals surface area contributed by atoms with E-state index in [1.807, 2.05) is 6.92 Å². The van der Waals surface area contributed by atoms with Gasteiger partial charge < -0.3 is 9.29 Å². The zero-order valence-electron chi connectivity index (χ0n) is 6.57. The molecule has 66 valence electrons. The molecule has 0 aliphatic heterocycles. The van der Waals surface area contributed by atoms with Gasteiger partial charge >= 0.3 is 5.97 Å². The number of methoxy groups -OCH3 is 1. The van der Waals surface area contributed by atoms with E-state index in [4.69, 9.17) is 4.55 Å². The highest BCUT2D eigenvalue weighted by molar-refractivity contribution is 7.80. The van der Waals surface area contributed by atoms with Crippen LogP contribution in [0.2, 0.25) is 0 Å². The van der Waals surface area contributed by atoms with Crippen molar-refractivity contribution in [3.8, 4) is 0 Å². The molecule has 11 heavy (non-hydrogen) atoms. The third kappa shape index (κ3) is 3.48. The van der Waals surface area contributed by atoms with Crippen LogP contribution in [-0.4, -0.2) is 27.1 Å². The first-order valence-corrected chi connectivity index (χ1v) is 4.48. The molecule has 1 N–H and O–H groups in total. The summed E-state index contributed by atoms with van der Waals surface area (Å²) >= 11 is -2.11. The monoisotopic (exact) mass is 180 g/mol. The van der Waals surface area contributed by atoms with E-state index in [-0.39, 0.29) is 0 Å². The van der Waals surface area contributed by atoms with Crippen LogP contribution in [0.5, 0.6) is 0 Å². The number of carbonyl (C=O) groups excluding carboxylic acids is 1. The van der Waals surface area contributed by atoms with Crippen molar-refractivity contribution in [1.82, 2.24) is 0 Å². The zero-order valence-corrected chi connectivity index (χ0v) is 7.39. The first-order chi connectivity index (χ1) is 5.13. The van der Waals surface area contributed by atoms with Crippen LogP contribution in [0, 0.1) is 0 Å². The summed E-state index contributed by atoms with van der Waals surface area (Å²) in [5, 5.41) is -0.884. The van der Waals surface area contributed by atoms with Crippen molar-refractivity contribution in [2.24, 2.45) is 0 Å². The van der Waals surface area contributed by atoms with E-state index in [1.165, 1.54) is 7.11 Å². The lowest BCUT2D eigenvalue weighted by Gasteiger charge is -2.07. The topological polar surface area (TPSA) is 63.6 Å². The van der Waals surface area contributed by atoms with Crippen molar-refractivity contribution in [2.45, 2.75) is 25.0 Å². The molecule has 0 aromatic heterocycles. The highest BCUT2D eigenvalue weighted by Gasteiger charge is 2.23. The Morgan fingerprint density at radius 3 is 2.55 bits per heavy atom. The molecule has 0 saturated carbocycles. The van der Waals surface area contributed by atoms with Crippen LogP contribution >= 0.6 is 0 Å². The van der Waals surface area contributed by atoms with Gasteiger partial charge in [-0.3, -0.25) is 4.79 Å². The van der Waals surface area contributed by atoms with Crippen LogP contribution in [0.1, 0.15) is 19.8 Å². The highest BCUT2D eigenvalue weighted by atomic mass is 32.2. The van der Waals surface area contributed by atoms with Crippen LogP contribution < -0.4 is 0 Å². The zero-order chi connectivity index (χ0) is 8.85. The van der Waals surface area contributed by atoms with Crippen molar-refractivity contribution >= 4 is 17.0 Å².